The molecule has 2 aromatic carbocycles. The highest BCUT2D eigenvalue weighted by Gasteiger charge is 2.27. The number of benzene rings is 2. The second kappa shape index (κ2) is 4.90. The Morgan fingerprint density at radius 2 is 1.38 bits per heavy atom. The van der Waals surface area contributed by atoms with E-state index in [2.05, 4.69) is 58.0 Å². The number of hydrogen-bond donors (Lipinski definition) is 0. The van der Waals surface area contributed by atoms with Crippen molar-refractivity contribution in [1.29, 1.82) is 5.26 Å². The Kier molecular flexibility index (Phi) is 3.18. The maximum atomic E-state index is 9.56. The first-order valence-corrected chi connectivity index (χ1v) is 7.32. The van der Waals surface area contributed by atoms with Gasteiger partial charge in [-0.2, -0.15) is 5.26 Å². The summed E-state index contributed by atoms with van der Waals surface area (Å²) in [6.45, 7) is 8.75. The molecule has 1 heteroatoms. The van der Waals surface area contributed by atoms with Crippen molar-refractivity contribution in [1.82, 2.24) is 0 Å². The minimum atomic E-state index is 0.254. The Morgan fingerprint density at radius 1 is 0.857 bits per heavy atom. The summed E-state index contributed by atoms with van der Waals surface area (Å²) >= 11 is 0. The largest absolute Gasteiger partial charge is 0.192 e. The summed E-state index contributed by atoms with van der Waals surface area (Å²) in [6.07, 6.45) is 0. The van der Waals surface area contributed by atoms with E-state index in [0.717, 1.165) is 16.5 Å². The average molecular weight is 273 g/mol. The Bertz CT molecular complexity index is 820. The number of nitriles is 1. The predicted octanol–water partition coefficient (Wildman–Crippen LogP) is 5.48. The zero-order valence-corrected chi connectivity index (χ0v) is 13.0. The Balaban J connectivity index is 2.29. The van der Waals surface area contributed by atoms with E-state index in [0.29, 0.717) is 0 Å². The van der Waals surface area contributed by atoms with Crippen molar-refractivity contribution < 1.29 is 0 Å². The number of allylic oxidation sites excluding steroid dienone is 4. The SMILES string of the molecule is CC1=C(C)C(c2cc3ccccc3cc2C#N)C(C)=C1C. The Hall–Kier alpha value is -2.33. The molecule has 0 aliphatic heterocycles. The molecule has 1 aliphatic rings. The first-order valence-electron chi connectivity index (χ1n) is 7.32. The highest BCUT2D eigenvalue weighted by atomic mass is 14.3. The van der Waals surface area contributed by atoms with Gasteiger partial charge < -0.3 is 0 Å². The van der Waals surface area contributed by atoms with Gasteiger partial charge in [-0.15, -0.1) is 0 Å². The van der Waals surface area contributed by atoms with Gasteiger partial charge in [-0.3, -0.25) is 0 Å². The fraction of sp³-hybridized carbons (Fsp3) is 0.250. The molecule has 0 radical (unpaired) electrons. The summed E-state index contributed by atoms with van der Waals surface area (Å²) in [6, 6.07) is 14.9. The van der Waals surface area contributed by atoms with Crippen molar-refractivity contribution in [2.24, 2.45) is 0 Å². The first-order chi connectivity index (χ1) is 10.0. The van der Waals surface area contributed by atoms with E-state index in [9.17, 15) is 5.26 Å². The van der Waals surface area contributed by atoms with Gasteiger partial charge in [-0.1, -0.05) is 35.4 Å². The highest BCUT2D eigenvalue weighted by molar-refractivity contribution is 5.85. The van der Waals surface area contributed by atoms with Crippen LogP contribution in [0, 0.1) is 11.3 Å². The van der Waals surface area contributed by atoms with Crippen molar-refractivity contribution >= 4 is 10.8 Å². The van der Waals surface area contributed by atoms with Crippen LogP contribution in [0.3, 0.4) is 0 Å². The lowest BCUT2D eigenvalue weighted by Gasteiger charge is -2.18. The molecule has 0 N–H and O–H groups in total. The molecular formula is C20H19N. The van der Waals surface area contributed by atoms with E-state index in [1.807, 2.05) is 12.1 Å². The van der Waals surface area contributed by atoms with Crippen molar-refractivity contribution in [2.45, 2.75) is 33.6 Å². The molecule has 1 aliphatic carbocycles. The van der Waals surface area contributed by atoms with Crippen molar-refractivity contribution in [3.05, 3.63) is 69.8 Å². The van der Waals surface area contributed by atoms with Gasteiger partial charge in [-0.25, -0.2) is 0 Å². The molecule has 0 amide bonds. The van der Waals surface area contributed by atoms with E-state index in [-0.39, 0.29) is 5.92 Å². The third-order valence-electron chi connectivity index (χ3n) is 4.96. The molecule has 0 saturated heterocycles. The third kappa shape index (κ3) is 1.99. The fourth-order valence-electron chi connectivity index (χ4n) is 3.41. The Labute approximate surface area is 126 Å². The van der Waals surface area contributed by atoms with E-state index in [1.165, 1.54) is 27.7 Å². The van der Waals surface area contributed by atoms with E-state index in [1.54, 1.807) is 0 Å². The van der Waals surface area contributed by atoms with Gasteiger partial charge in [0.1, 0.15) is 0 Å². The normalized spacial score (nSPS) is 16.0. The molecular weight excluding hydrogens is 254 g/mol. The van der Waals surface area contributed by atoms with E-state index in [4.69, 9.17) is 0 Å². The van der Waals surface area contributed by atoms with Crippen LogP contribution in [0.4, 0.5) is 0 Å². The van der Waals surface area contributed by atoms with Gasteiger partial charge in [0.25, 0.3) is 0 Å². The number of hydrogen-bond acceptors (Lipinski definition) is 1. The van der Waals surface area contributed by atoms with Crippen LogP contribution in [0.5, 0.6) is 0 Å². The van der Waals surface area contributed by atoms with Gasteiger partial charge in [0, 0.05) is 5.92 Å². The quantitative estimate of drug-likeness (QED) is 0.674. The molecule has 21 heavy (non-hydrogen) atoms. The van der Waals surface area contributed by atoms with Crippen molar-refractivity contribution in [2.75, 3.05) is 0 Å². The van der Waals surface area contributed by atoms with Crippen molar-refractivity contribution in [3.63, 3.8) is 0 Å². The average Bonchev–Trinajstić information content (AvgIpc) is 2.70. The van der Waals surface area contributed by atoms with Crippen LogP contribution in [0.25, 0.3) is 10.8 Å². The van der Waals surface area contributed by atoms with E-state index < -0.39 is 0 Å². The molecule has 2 aromatic rings. The highest BCUT2D eigenvalue weighted by Crippen LogP contribution is 2.44. The van der Waals surface area contributed by atoms with Gasteiger partial charge in [0.15, 0.2) is 0 Å². The lowest BCUT2D eigenvalue weighted by molar-refractivity contribution is 0.933. The summed E-state index contributed by atoms with van der Waals surface area (Å²) in [4.78, 5) is 0. The van der Waals surface area contributed by atoms with Gasteiger partial charge in [0.05, 0.1) is 11.6 Å². The zero-order valence-electron chi connectivity index (χ0n) is 13.0. The second-order valence-corrected chi connectivity index (χ2v) is 5.95. The van der Waals surface area contributed by atoms with Crippen molar-refractivity contribution in [3.8, 4) is 6.07 Å². The third-order valence-corrected chi connectivity index (χ3v) is 4.96. The predicted molar refractivity (Wildman–Crippen MR) is 88.2 cm³/mol. The molecule has 1 nitrogen and oxygen atoms in total. The molecule has 0 spiro atoms. The molecule has 0 aromatic heterocycles. The topological polar surface area (TPSA) is 23.8 Å². The lowest BCUT2D eigenvalue weighted by Crippen LogP contribution is -2.02. The maximum absolute atomic E-state index is 9.56. The smallest absolute Gasteiger partial charge is 0.0995 e. The molecule has 0 fully saturated rings. The monoisotopic (exact) mass is 273 g/mol. The molecule has 0 bridgehead atoms. The maximum Gasteiger partial charge on any atom is 0.0995 e. The van der Waals surface area contributed by atoms with Crippen LogP contribution in [0.2, 0.25) is 0 Å². The van der Waals surface area contributed by atoms with Crippen LogP contribution in [0.15, 0.2) is 58.7 Å². The minimum Gasteiger partial charge on any atom is -0.192 e. The second-order valence-electron chi connectivity index (χ2n) is 5.95. The van der Waals surface area contributed by atoms with Crippen LogP contribution >= 0.6 is 0 Å². The number of rotatable bonds is 1. The lowest BCUT2D eigenvalue weighted by atomic mass is 9.85. The summed E-state index contributed by atoms with van der Waals surface area (Å²) in [7, 11) is 0. The zero-order chi connectivity index (χ0) is 15.1. The Morgan fingerprint density at radius 3 is 1.90 bits per heavy atom. The van der Waals surface area contributed by atoms with Gasteiger partial charge in [0.2, 0.25) is 0 Å². The summed E-state index contributed by atoms with van der Waals surface area (Å²) in [5.74, 6) is 0.254. The van der Waals surface area contributed by atoms with Crippen LogP contribution < -0.4 is 0 Å². The molecule has 0 unspecified atom stereocenters. The fourth-order valence-corrected chi connectivity index (χ4v) is 3.41. The summed E-state index contributed by atoms with van der Waals surface area (Å²) in [5.41, 5.74) is 7.42. The molecule has 0 atom stereocenters. The van der Waals surface area contributed by atoms with Crippen LogP contribution in [-0.4, -0.2) is 0 Å². The minimum absolute atomic E-state index is 0.254. The summed E-state index contributed by atoms with van der Waals surface area (Å²) < 4.78 is 0. The molecule has 0 heterocycles. The number of nitrogens with zero attached hydrogens (tertiary/aromatic N) is 1. The summed E-state index contributed by atoms with van der Waals surface area (Å²) in [5, 5.41) is 11.9. The number of fused-ring (bicyclic) bond motifs is 1. The molecule has 3 rings (SSSR count). The standard InChI is InChI=1S/C20H19N/c1-12-13(2)15(4)20(14(12)3)19-10-17-8-6-5-7-16(17)9-18(19)11-21/h5-10,20H,1-4H3. The molecule has 0 saturated carbocycles. The first kappa shape index (κ1) is 13.6. The van der Waals surface area contributed by atoms with Gasteiger partial charge in [-0.05, 0) is 67.3 Å². The van der Waals surface area contributed by atoms with Gasteiger partial charge >= 0.3 is 0 Å². The van der Waals surface area contributed by atoms with Crippen LogP contribution in [0.1, 0.15) is 44.7 Å². The van der Waals surface area contributed by atoms with Crippen LogP contribution in [-0.2, 0) is 0 Å². The van der Waals surface area contributed by atoms with E-state index >= 15 is 0 Å². The molecule has 104 valence electrons.